The van der Waals surface area contributed by atoms with Gasteiger partial charge in [-0.15, -0.1) is 0 Å². The van der Waals surface area contributed by atoms with Crippen molar-refractivity contribution < 1.29 is 28.3 Å². The third kappa shape index (κ3) is 3.34. The zero-order chi connectivity index (χ0) is 21.0. The molecule has 2 aromatic heterocycles. The Kier molecular flexibility index (Phi) is 5.35. The Labute approximate surface area is 171 Å². The molecule has 5 atom stereocenters. The summed E-state index contributed by atoms with van der Waals surface area (Å²) in [4.78, 5) is 12.3. The zero-order valence-electron chi connectivity index (χ0n) is 15.9. The van der Waals surface area contributed by atoms with Gasteiger partial charge in [-0.3, -0.25) is 13.6 Å². The fourth-order valence-electron chi connectivity index (χ4n) is 4.28. The molecule has 0 aliphatic heterocycles. The number of imidazole rings is 1. The van der Waals surface area contributed by atoms with Gasteiger partial charge in [-0.1, -0.05) is 0 Å². The molecule has 2 aliphatic carbocycles. The van der Waals surface area contributed by atoms with E-state index in [0.29, 0.717) is 17.6 Å². The number of nitrogens with two attached hydrogens (primary N) is 1. The predicted octanol–water partition coefficient (Wildman–Crippen LogP) is 1.54. The van der Waals surface area contributed by atoms with Gasteiger partial charge in [-0.2, -0.15) is 9.97 Å². The maximum absolute atomic E-state index is 12.6. The van der Waals surface area contributed by atoms with E-state index in [0.717, 1.165) is 0 Å². The van der Waals surface area contributed by atoms with E-state index in [1.165, 1.54) is 6.33 Å². The molecule has 0 spiro atoms. The first kappa shape index (κ1) is 20.9. The van der Waals surface area contributed by atoms with Gasteiger partial charge in [-0.05, 0) is 37.8 Å². The first-order chi connectivity index (χ1) is 13.8. The van der Waals surface area contributed by atoms with Gasteiger partial charge in [0.2, 0.25) is 5.28 Å². The van der Waals surface area contributed by atoms with Crippen LogP contribution < -0.4 is 5.73 Å². The lowest BCUT2D eigenvalue weighted by atomic mass is 10.0. The quantitative estimate of drug-likeness (QED) is 0.400. The number of halogens is 1. The fourth-order valence-corrected chi connectivity index (χ4v) is 5.71. The average Bonchev–Trinajstić information content (AvgIpc) is 3.16. The van der Waals surface area contributed by atoms with Crippen molar-refractivity contribution in [2.75, 3.05) is 25.6 Å². The number of hydrogen-bond acceptors (Lipinski definition) is 10. The maximum atomic E-state index is 12.6. The van der Waals surface area contributed by atoms with Crippen LogP contribution in [0.5, 0.6) is 0 Å². The minimum Gasteiger partial charge on any atom is -0.390 e. The second kappa shape index (κ2) is 7.42. The van der Waals surface area contributed by atoms with Crippen molar-refractivity contribution in [3.8, 4) is 0 Å². The molecule has 2 heterocycles. The van der Waals surface area contributed by atoms with Crippen LogP contribution in [0, 0.1) is 11.3 Å². The number of rotatable bonds is 8. The van der Waals surface area contributed by atoms with Gasteiger partial charge in [-0.25, -0.2) is 9.55 Å². The van der Waals surface area contributed by atoms with Crippen molar-refractivity contribution in [2.45, 2.75) is 38.5 Å². The topological polar surface area (TPSA) is 155 Å². The molecule has 160 valence electrons. The van der Waals surface area contributed by atoms with Gasteiger partial charge in [0.15, 0.2) is 11.5 Å². The summed E-state index contributed by atoms with van der Waals surface area (Å²) in [6, 6.07) is -0.525. The molecule has 2 aromatic rings. The average molecular weight is 448 g/mol. The SMILES string of the molecule is CCOP(=O)(OCC)OC[C@]12C[C@H]1[C@@H](n1cnc3c(N)nc(Cl)nc31)[C@H](O)[C@@H]2O. The summed E-state index contributed by atoms with van der Waals surface area (Å²) in [6.07, 6.45) is -0.153. The van der Waals surface area contributed by atoms with Gasteiger partial charge in [0.1, 0.15) is 11.6 Å². The number of hydrogen-bond donors (Lipinski definition) is 3. The van der Waals surface area contributed by atoms with Crippen molar-refractivity contribution in [2.24, 2.45) is 11.3 Å². The summed E-state index contributed by atoms with van der Waals surface area (Å²) in [5, 5.41) is 21.4. The number of fused-ring (bicyclic) bond motifs is 2. The summed E-state index contributed by atoms with van der Waals surface area (Å²) >= 11 is 5.92. The molecule has 4 rings (SSSR count). The van der Waals surface area contributed by atoms with Crippen molar-refractivity contribution in [3.63, 3.8) is 0 Å². The van der Waals surface area contributed by atoms with Crippen LogP contribution in [-0.2, 0) is 18.1 Å². The second-order valence-corrected chi connectivity index (χ2v) is 9.24. The summed E-state index contributed by atoms with van der Waals surface area (Å²) in [6.45, 7) is 3.60. The molecule has 0 bridgehead atoms. The van der Waals surface area contributed by atoms with Gasteiger partial charge in [0, 0.05) is 5.41 Å². The highest BCUT2D eigenvalue weighted by atomic mass is 35.5. The van der Waals surface area contributed by atoms with Gasteiger partial charge in [0.25, 0.3) is 0 Å². The minimum atomic E-state index is -3.73. The zero-order valence-corrected chi connectivity index (χ0v) is 17.6. The van der Waals surface area contributed by atoms with Crippen molar-refractivity contribution in [1.82, 2.24) is 19.5 Å². The molecule has 29 heavy (non-hydrogen) atoms. The van der Waals surface area contributed by atoms with E-state index in [2.05, 4.69) is 15.0 Å². The summed E-state index contributed by atoms with van der Waals surface area (Å²) in [5.74, 6) is -0.0249. The number of phosphoric ester groups is 1. The molecule has 0 amide bonds. The molecule has 13 heteroatoms. The van der Waals surface area contributed by atoms with E-state index in [4.69, 9.17) is 30.9 Å². The predicted molar refractivity (Wildman–Crippen MR) is 103 cm³/mol. The van der Waals surface area contributed by atoms with Crippen LogP contribution in [0.3, 0.4) is 0 Å². The molecular weight excluding hydrogens is 425 g/mol. The fraction of sp³-hybridized carbons (Fsp3) is 0.688. The normalized spacial score (nSPS) is 31.3. The largest absolute Gasteiger partial charge is 0.474 e. The van der Waals surface area contributed by atoms with Crippen LogP contribution in [0.1, 0.15) is 26.3 Å². The standard InChI is InChI=1S/C16H23ClN5O6P/c1-3-26-29(25,27-4-2)28-6-16-5-8(16)10(11(23)12(16)24)22-7-19-9-13(18)20-15(17)21-14(9)22/h7-8,10-12,23-24H,3-6H2,1-2H3,(H2,18,20,21)/t8-,10+,11-,12-,16+/m0/s1. The van der Waals surface area contributed by atoms with Crippen molar-refractivity contribution in [3.05, 3.63) is 11.6 Å². The van der Waals surface area contributed by atoms with E-state index in [9.17, 15) is 14.8 Å². The number of nitrogen functional groups attached to an aromatic ring is 1. The Bertz CT molecular complexity index is 965. The van der Waals surface area contributed by atoms with Crippen LogP contribution in [0.15, 0.2) is 6.33 Å². The first-order valence-electron chi connectivity index (χ1n) is 9.31. The Morgan fingerprint density at radius 2 is 2.00 bits per heavy atom. The Morgan fingerprint density at radius 1 is 1.31 bits per heavy atom. The van der Waals surface area contributed by atoms with Crippen LogP contribution in [0.2, 0.25) is 5.28 Å². The first-order valence-corrected chi connectivity index (χ1v) is 11.2. The van der Waals surface area contributed by atoms with Crippen molar-refractivity contribution >= 4 is 36.4 Å². The van der Waals surface area contributed by atoms with E-state index in [1.54, 1.807) is 18.4 Å². The highest BCUT2D eigenvalue weighted by molar-refractivity contribution is 7.48. The Morgan fingerprint density at radius 3 is 2.66 bits per heavy atom. The molecule has 0 aromatic carbocycles. The Hall–Kier alpha value is -1.33. The van der Waals surface area contributed by atoms with E-state index in [-0.39, 0.29) is 36.8 Å². The number of nitrogens with zero attached hydrogens (tertiary/aromatic N) is 4. The molecule has 2 fully saturated rings. The summed E-state index contributed by atoms with van der Waals surface area (Å²) in [7, 11) is -3.73. The van der Waals surface area contributed by atoms with Gasteiger partial charge >= 0.3 is 7.82 Å². The monoisotopic (exact) mass is 447 g/mol. The second-order valence-electron chi connectivity index (χ2n) is 7.23. The van der Waals surface area contributed by atoms with E-state index < -0.39 is 31.5 Å². The highest BCUT2D eigenvalue weighted by Crippen LogP contribution is 2.69. The lowest BCUT2D eigenvalue weighted by molar-refractivity contribution is -0.0315. The highest BCUT2D eigenvalue weighted by Gasteiger charge is 2.72. The number of aromatic nitrogens is 4. The molecule has 11 nitrogen and oxygen atoms in total. The third-order valence-electron chi connectivity index (χ3n) is 5.66. The van der Waals surface area contributed by atoms with E-state index >= 15 is 0 Å². The van der Waals surface area contributed by atoms with Crippen molar-refractivity contribution in [1.29, 1.82) is 0 Å². The molecule has 0 unspecified atom stereocenters. The molecule has 0 saturated heterocycles. The van der Waals surface area contributed by atoms with Crippen LogP contribution in [0.4, 0.5) is 5.82 Å². The van der Waals surface area contributed by atoms with Gasteiger partial charge < -0.3 is 20.5 Å². The Balaban J connectivity index is 1.60. The third-order valence-corrected chi connectivity index (χ3v) is 7.42. The number of aliphatic hydroxyl groups is 2. The number of anilines is 1. The lowest BCUT2D eigenvalue weighted by Crippen LogP contribution is -2.36. The van der Waals surface area contributed by atoms with Crippen LogP contribution >= 0.6 is 19.4 Å². The summed E-state index contributed by atoms with van der Waals surface area (Å²) < 4.78 is 30.0. The number of aliphatic hydroxyl groups excluding tert-OH is 2. The van der Waals surface area contributed by atoms with Gasteiger partial charge in [0.05, 0.1) is 38.3 Å². The smallest absolute Gasteiger partial charge is 0.390 e. The van der Waals surface area contributed by atoms with Crippen LogP contribution in [0.25, 0.3) is 11.2 Å². The summed E-state index contributed by atoms with van der Waals surface area (Å²) in [5.41, 5.74) is 5.82. The van der Waals surface area contributed by atoms with E-state index in [1.807, 2.05) is 0 Å². The molecule has 2 aliphatic rings. The molecular formula is C16H23ClN5O6P. The maximum Gasteiger partial charge on any atom is 0.474 e. The molecule has 0 radical (unpaired) electrons. The van der Waals surface area contributed by atoms with Crippen LogP contribution in [-0.4, -0.2) is 61.8 Å². The lowest BCUT2D eigenvalue weighted by Gasteiger charge is -2.25. The number of phosphoric acid groups is 1. The molecule has 2 saturated carbocycles. The minimum absolute atomic E-state index is 0.0375. The molecule has 4 N–H and O–H groups in total.